The molecule has 2 unspecified atom stereocenters. The Bertz CT molecular complexity index is 638. The van der Waals surface area contributed by atoms with Crippen molar-refractivity contribution in [2.45, 2.75) is 38.6 Å². The van der Waals surface area contributed by atoms with Crippen LogP contribution in [0.5, 0.6) is 0 Å². The van der Waals surface area contributed by atoms with Crippen LogP contribution in [0, 0.1) is 17.6 Å². The van der Waals surface area contributed by atoms with Crippen molar-refractivity contribution < 1.29 is 8.78 Å². The number of hydrogen-bond donors (Lipinski definition) is 0. The van der Waals surface area contributed by atoms with Crippen LogP contribution in [0.2, 0.25) is 0 Å². The Balaban J connectivity index is 2.18. The first kappa shape index (κ1) is 13.8. The van der Waals surface area contributed by atoms with E-state index >= 15 is 0 Å². The van der Waals surface area contributed by atoms with Gasteiger partial charge in [0.15, 0.2) is 5.82 Å². The van der Waals surface area contributed by atoms with Gasteiger partial charge in [-0.15, -0.1) is 11.6 Å². The predicted octanol–water partition coefficient (Wildman–Crippen LogP) is 4.46. The lowest BCUT2D eigenvalue weighted by atomic mass is 10.1. The molecule has 0 spiro atoms. The Morgan fingerprint density at radius 2 is 2.15 bits per heavy atom. The molecule has 0 aliphatic heterocycles. The third-order valence-corrected chi connectivity index (χ3v) is 4.33. The monoisotopic (exact) mass is 298 g/mol. The van der Waals surface area contributed by atoms with E-state index in [0.717, 1.165) is 31.2 Å². The van der Waals surface area contributed by atoms with Crippen LogP contribution in [0.3, 0.4) is 0 Å². The van der Waals surface area contributed by atoms with Gasteiger partial charge in [0.05, 0.1) is 5.52 Å². The first-order valence-corrected chi connectivity index (χ1v) is 7.55. The zero-order valence-electron chi connectivity index (χ0n) is 11.4. The molecule has 1 heterocycles. The lowest BCUT2D eigenvalue weighted by Gasteiger charge is -2.16. The smallest absolute Gasteiger partial charge is 0.153 e. The van der Waals surface area contributed by atoms with Crippen LogP contribution in [0.1, 0.15) is 38.1 Å². The highest BCUT2D eigenvalue weighted by Crippen LogP contribution is 2.37. The summed E-state index contributed by atoms with van der Waals surface area (Å²) in [5, 5.41) is 0. The van der Waals surface area contributed by atoms with Crippen molar-refractivity contribution in [1.29, 1.82) is 0 Å². The minimum atomic E-state index is -0.597. The van der Waals surface area contributed by atoms with Crippen molar-refractivity contribution in [2.24, 2.45) is 5.92 Å². The lowest BCUT2D eigenvalue weighted by molar-refractivity contribution is 0.489. The average molecular weight is 299 g/mol. The van der Waals surface area contributed by atoms with Crippen molar-refractivity contribution in [3.8, 4) is 0 Å². The summed E-state index contributed by atoms with van der Waals surface area (Å²) in [7, 11) is 0. The second-order valence-corrected chi connectivity index (χ2v) is 6.04. The third kappa shape index (κ3) is 2.30. The Kier molecular flexibility index (Phi) is 3.67. The largest absolute Gasteiger partial charge is 0.325 e. The molecule has 2 nitrogen and oxygen atoms in total. The fraction of sp³-hybridized carbons (Fsp3) is 0.533. The summed E-state index contributed by atoms with van der Waals surface area (Å²) in [6.45, 7) is 2.21. The maximum absolute atomic E-state index is 13.9. The number of fused-ring (bicyclic) bond motifs is 1. The number of benzene rings is 1. The quantitative estimate of drug-likeness (QED) is 0.765. The Morgan fingerprint density at radius 3 is 2.80 bits per heavy atom. The van der Waals surface area contributed by atoms with E-state index in [2.05, 4.69) is 11.9 Å². The van der Waals surface area contributed by atoms with Crippen LogP contribution in [0.15, 0.2) is 12.1 Å². The van der Waals surface area contributed by atoms with E-state index in [9.17, 15) is 8.78 Å². The molecule has 0 bridgehead atoms. The van der Waals surface area contributed by atoms with Crippen LogP contribution in [-0.2, 0) is 6.42 Å². The van der Waals surface area contributed by atoms with E-state index in [-0.39, 0.29) is 11.6 Å². The molecular weight excluding hydrogens is 282 g/mol. The normalized spacial score (nSPS) is 22.8. The topological polar surface area (TPSA) is 17.8 Å². The van der Waals surface area contributed by atoms with Crippen LogP contribution in [0.25, 0.3) is 11.0 Å². The number of nitrogens with zero attached hydrogens (tertiary/aromatic N) is 2. The first-order valence-electron chi connectivity index (χ1n) is 7.02. The van der Waals surface area contributed by atoms with Crippen molar-refractivity contribution >= 4 is 22.6 Å². The minimum absolute atomic E-state index is 0.256. The van der Waals surface area contributed by atoms with Crippen LogP contribution in [-0.4, -0.2) is 15.4 Å². The molecule has 2 aromatic rings. The number of halogens is 3. The maximum Gasteiger partial charge on any atom is 0.153 e. The first-order chi connectivity index (χ1) is 9.60. The highest BCUT2D eigenvalue weighted by atomic mass is 35.5. The summed E-state index contributed by atoms with van der Waals surface area (Å²) in [5.41, 5.74) is 0.813. The van der Waals surface area contributed by atoms with Gasteiger partial charge in [-0.2, -0.15) is 0 Å². The lowest BCUT2D eigenvalue weighted by Crippen LogP contribution is -2.10. The Morgan fingerprint density at radius 1 is 1.35 bits per heavy atom. The van der Waals surface area contributed by atoms with Crippen molar-refractivity contribution in [1.82, 2.24) is 9.55 Å². The van der Waals surface area contributed by atoms with Gasteiger partial charge in [-0.3, -0.25) is 0 Å². The molecular formula is C15H17ClF2N2. The van der Waals surface area contributed by atoms with Gasteiger partial charge in [0.25, 0.3) is 0 Å². The van der Waals surface area contributed by atoms with Crippen molar-refractivity contribution in [2.75, 3.05) is 5.88 Å². The highest BCUT2D eigenvalue weighted by molar-refractivity contribution is 6.17. The van der Waals surface area contributed by atoms with Gasteiger partial charge < -0.3 is 4.57 Å². The molecule has 20 heavy (non-hydrogen) atoms. The zero-order chi connectivity index (χ0) is 14.3. The summed E-state index contributed by atoms with van der Waals surface area (Å²) in [6, 6.07) is 2.54. The van der Waals surface area contributed by atoms with Gasteiger partial charge in [0.2, 0.25) is 0 Å². The molecule has 1 aromatic heterocycles. The molecule has 5 heteroatoms. The second-order valence-electron chi connectivity index (χ2n) is 5.66. The molecule has 2 atom stereocenters. The molecule has 0 amide bonds. The minimum Gasteiger partial charge on any atom is -0.325 e. The summed E-state index contributed by atoms with van der Waals surface area (Å²) in [5.74, 6) is 0.675. The maximum atomic E-state index is 13.9. The standard InChI is InChI=1S/C15H17ClF2N2/c1-9-2-3-11(6-9)20-13-8-10(17)7-12(18)15(13)19-14(20)4-5-16/h7-9,11H,2-6H2,1H3. The number of aromatic nitrogens is 2. The van der Waals surface area contributed by atoms with Gasteiger partial charge in [-0.25, -0.2) is 13.8 Å². The molecule has 1 fully saturated rings. The number of hydrogen-bond acceptors (Lipinski definition) is 1. The van der Waals surface area contributed by atoms with Crippen molar-refractivity contribution in [3.63, 3.8) is 0 Å². The predicted molar refractivity (Wildman–Crippen MR) is 76.1 cm³/mol. The molecule has 3 rings (SSSR count). The number of imidazole rings is 1. The van der Waals surface area contributed by atoms with E-state index in [0.29, 0.717) is 23.7 Å². The van der Waals surface area contributed by atoms with Gasteiger partial charge in [-0.1, -0.05) is 6.92 Å². The molecule has 0 radical (unpaired) electrons. The van der Waals surface area contributed by atoms with Crippen LogP contribution < -0.4 is 0 Å². The Labute approximate surface area is 121 Å². The second kappa shape index (κ2) is 5.32. The SMILES string of the molecule is CC1CCC(n2c(CCCl)nc3c(F)cc(F)cc32)C1. The fourth-order valence-corrected chi connectivity index (χ4v) is 3.42. The number of rotatable bonds is 3. The molecule has 1 aromatic carbocycles. The summed E-state index contributed by atoms with van der Waals surface area (Å²) < 4.78 is 29.4. The summed E-state index contributed by atoms with van der Waals surface area (Å²) in [4.78, 5) is 4.35. The van der Waals surface area contributed by atoms with E-state index in [1.54, 1.807) is 0 Å². The molecule has 1 aliphatic rings. The number of aryl methyl sites for hydroxylation is 1. The van der Waals surface area contributed by atoms with E-state index in [4.69, 9.17) is 11.6 Å². The van der Waals surface area contributed by atoms with Crippen molar-refractivity contribution in [3.05, 3.63) is 29.6 Å². The molecule has 0 saturated heterocycles. The number of alkyl halides is 1. The summed E-state index contributed by atoms with van der Waals surface area (Å²) >= 11 is 5.82. The highest BCUT2D eigenvalue weighted by Gasteiger charge is 2.27. The van der Waals surface area contributed by atoms with Crippen LogP contribution >= 0.6 is 11.6 Å². The summed E-state index contributed by atoms with van der Waals surface area (Å²) in [6.07, 6.45) is 3.77. The van der Waals surface area contributed by atoms with Crippen LogP contribution in [0.4, 0.5) is 8.78 Å². The fourth-order valence-electron chi connectivity index (χ4n) is 3.25. The van der Waals surface area contributed by atoms with E-state index < -0.39 is 11.6 Å². The van der Waals surface area contributed by atoms with Gasteiger partial charge in [0.1, 0.15) is 17.2 Å². The van der Waals surface area contributed by atoms with Gasteiger partial charge in [-0.05, 0) is 31.2 Å². The van der Waals surface area contributed by atoms with Gasteiger partial charge in [0, 0.05) is 24.4 Å². The average Bonchev–Trinajstić information content (AvgIpc) is 2.93. The van der Waals surface area contributed by atoms with E-state index in [1.807, 2.05) is 4.57 Å². The Hall–Kier alpha value is -1.16. The molecule has 1 aliphatic carbocycles. The van der Waals surface area contributed by atoms with E-state index in [1.165, 1.54) is 6.07 Å². The zero-order valence-corrected chi connectivity index (χ0v) is 12.1. The molecule has 108 valence electrons. The molecule has 1 saturated carbocycles. The van der Waals surface area contributed by atoms with Gasteiger partial charge >= 0.3 is 0 Å². The molecule has 0 N–H and O–H groups in total. The third-order valence-electron chi connectivity index (χ3n) is 4.14.